The number of fused-ring (bicyclic) bond motifs is 1. The number of benzene rings is 1. The fraction of sp³-hybridized carbons (Fsp3) is 0.385. The van der Waals surface area contributed by atoms with Crippen LogP contribution in [0.15, 0.2) is 18.2 Å². The fourth-order valence-electron chi connectivity index (χ4n) is 2.20. The average Bonchev–Trinajstić information content (AvgIpc) is 2.52. The lowest BCUT2D eigenvalue weighted by atomic mass is 10.00. The van der Waals surface area contributed by atoms with Gasteiger partial charge in [0.15, 0.2) is 0 Å². The zero-order valence-electron chi connectivity index (χ0n) is 9.72. The van der Waals surface area contributed by atoms with Crippen LogP contribution in [-0.4, -0.2) is 12.1 Å². The highest BCUT2D eigenvalue weighted by molar-refractivity contribution is 5.86. The van der Waals surface area contributed by atoms with Crippen molar-refractivity contribution in [3.8, 4) is 5.75 Å². The highest BCUT2D eigenvalue weighted by Gasteiger charge is 2.11. The van der Waals surface area contributed by atoms with Crippen LogP contribution < -0.4 is 4.74 Å². The van der Waals surface area contributed by atoms with Crippen molar-refractivity contribution in [2.45, 2.75) is 26.7 Å². The van der Waals surface area contributed by atoms with E-state index in [-0.39, 0.29) is 0 Å². The first-order valence-electron chi connectivity index (χ1n) is 5.29. The van der Waals surface area contributed by atoms with Gasteiger partial charge in [-0.15, -0.1) is 0 Å². The third kappa shape index (κ3) is 1.60. The van der Waals surface area contributed by atoms with Gasteiger partial charge >= 0.3 is 0 Å². The van der Waals surface area contributed by atoms with Gasteiger partial charge in [0.05, 0.1) is 7.11 Å². The number of nitrogens with one attached hydrogen (secondary N) is 1. The Morgan fingerprint density at radius 3 is 2.60 bits per heavy atom. The molecule has 0 saturated heterocycles. The van der Waals surface area contributed by atoms with Crippen molar-refractivity contribution < 1.29 is 4.74 Å². The Morgan fingerprint density at radius 2 is 2.00 bits per heavy atom. The molecule has 2 nitrogen and oxygen atoms in total. The van der Waals surface area contributed by atoms with Gasteiger partial charge < -0.3 is 9.72 Å². The fourth-order valence-corrected chi connectivity index (χ4v) is 2.20. The molecule has 1 heterocycles. The van der Waals surface area contributed by atoms with Crippen LogP contribution in [-0.2, 0) is 0 Å². The van der Waals surface area contributed by atoms with Crippen LogP contribution in [0, 0.1) is 6.92 Å². The van der Waals surface area contributed by atoms with Crippen LogP contribution in [0.4, 0.5) is 0 Å². The van der Waals surface area contributed by atoms with E-state index in [0.29, 0.717) is 5.92 Å². The quantitative estimate of drug-likeness (QED) is 0.792. The molecule has 0 aliphatic carbocycles. The van der Waals surface area contributed by atoms with Gasteiger partial charge in [-0.2, -0.15) is 0 Å². The average molecular weight is 203 g/mol. The first kappa shape index (κ1) is 10.1. The summed E-state index contributed by atoms with van der Waals surface area (Å²) in [5, 5.41) is 1.28. The summed E-state index contributed by atoms with van der Waals surface area (Å²) in [6.45, 7) is 6.56. The maximum Gasteiger partial charge on any atom is 0.119 e. The molecule has 0 aliphatic rings. The van der Waals surface area contributed by atoms with Gasteiger partial charge in [0.25, 0.3) is 0 Å². The molecule has 1 aromatic heterocycles. The Morgan fingerprint density at radius 1 is 1.27 bits per heavy atom. The number of H-pyrrole nitrogens is 1. The molecule has 1 N–H and O–H groups in total. The zero-order valence-corrected chi connectivity index (χ0v) is 9.72. The maximum absolute atomic E-state index is 5.25. The van der Waals surface area contributed by atoms with Crippen molar-refractivity contribution in [1.29, 1.82) is 0 Å². The first-order chi connectivity index (χ1) is 7.13. The minimum absolute atomic E-state index is 0.533. The maximum atomic E-state index is 5.25. The number of hydrogen-bond donors (Lipinski definition) is 1. The molecule has 80 valence electrons. The summed E-state index contributed by atoms with van der Waals surface area (Å²) in [7, 11) is 1.70. The standard InChI is InChI=1S/C13H17NO/c1-8(2)13-9(3)14-12-6-5-10(15-4)7-11(12)13/h5-8,14H,1-4H3. The molecule has 0 radical (unpaired) electrons. The minimum Gasteiger partial charge on any atom is -0.497 e. The van der Waals surface area contributed by atoms with Crippen LogP contribution in [0.25, 0.3) is 10.9 Å². The van der Waals surface area contributed by atoms with Gasteiger partial charge in [0.1, 0.15) is 5.75 Å². The minimum atomic E-state index is 0.533. The van der Waals surface area contributed by atoms with E-state index in [9.17, 15) is 0 Å². The molecule has 0 atom stereocenters. The van der Waals surface area contributed by atoms with Crippen LogP contribution >= 0.6 is 0 Å². The molecular formula is C13H17NO. The molecule has 2 heteroatoms. The molecule has 0 amide bonds. The second-order valence-electron chi connectivity index (χ2n) is 4.23. The molecule has 0 aliphatic heterocycles. The number of hydrogen-bond acceptors (Lipinski definition) is 1. The lowest BCUT2D eigenvalue weighted by Crippen LogP contribution is -1.88. The summed E-state index contributed by atoms with van der Waals surface area (Å²) >= 11 is 0. The van der Waals surface area contributed by atoms with Crippen LogP contribution in [0.2, 0.25) is 0 Å². The van der Waals surface area contributed by atoms with Crippen LogP contribution in [0.3, 0.4) is 0 Å². The smallest absolute Gasteiger partial charge is 0.119 e. The monoisotopic (exact) mass is 203 g/mol. The topological polar surface area (TPSA) is 25.0 Å². The molecule has 15 heavy (non-hydrogen) atoms. The summed E-state index contributed by atoms with van der Waals surface area (Å²) in [5.41, 5.74) is 3.84. The van der Waals surface area contributed by atoms with Crippen molar-refractivity contribution >= 4 is 10.9 Å². The second kappa shape index (κ2) is 3.61. The molecule has 0 bridgehead atoms. The summed E-state index contributed by atoms with van der Waals surface area (Å²) in [4.78, 5) is 3.40. The summed E-state index contributed by atoms with van der Waals surface area (Å²) < 4.78 is 5.25. The normalized spacial score (nSPS) is 11.3. The number of aromatic nitrogens is 1. The van der Waals surface area contributed by atoms with E-state index in [1.807, 2.05) is 6.07 Å². The SMILES string of the molecule is COc1ccc2[nH]c(C)c(C(C)C)c2c1. The second-order valence-corrected chi connectivity index (χ2v) is 4.23. The molecule has 2 rings (SSSR count). The predicted molar refractivity (Wildman–Crippen MR) is 63.7 cm³/mol. The largest absolute Gasteiger partial charge is 0.497 e. The van der Waals surface area contributed by atoms with E-state index in [1.54, 1.807) is 7.11 Å². The van der Waals surface area contributed by atoms with Crippen molar-refractivity contribution in [1.82, 2.24) is 4.98 Å². The Kier molecular flexibility index (Phi) is 2.43. The van der Waals surface area contributed by atoms with E-state index in [0.717, 1.165) is 5.75 Å². The number of ether oxygens (including phenoxy) is 1. The molecule has 0 unspecified atom stereocenters. The van der Waals surface area contributed by atoms with Gasteiger partial charge in [0, 0.05) is 16.6 Å². The number of aromatic amines is 1. The van der Waals surface area contributed by atoms with Crippen LogP contribution in [0.5, 0.6) is 5.75 Å². The molecular weight excluding hydrogens is 186 g/mol. The van der Waals surface area contributed by atoms with E-state index in [1.165, 1.54) is 22.2 Å². The molecule has 0 spiro atoms. The van der Waals surface area contributed by atoms with Gasteiger partial charge in [-0.3, -0.25) is 0 Å². The van der Waals surface area contributed by atoms with Crippen molar-refractivity contribution in [2.24, 2.45) is 0 Å². The van der Waals surface area contributed by atoms with E-state index >= 15 is 0 Å². The first-order valence-corrected chi connectivity index (χ1v) is 5.29. The third-order valence-corrected chi connectivity index (χ3v) is 2.82. The summed E-state index contributed by atoms with van der Waals surface area (Å²) in [6.07, 6.45) is 0. The predicted octanol–water partition coefficient (Wildman–Crippen LogP) is 3.61. The Bertz CT molecular complexity index is 482. The summed E-state index contributed by atoms with van der Waals surface area (Å²) in [6, 6.07) is 6.17. The summed E-state index contributed by atoms with van der Waals surface area (Å²) in [5.74, 6) is 1.45. The van der Waals surface area contributed by atoms with Gasteiger partial charge in [-0.05, 0) is 36.6 Å². The lowest BCUT2D eigenvalue weighted by molar-refractivity contribution is 0.415. The number of methoxy groups -OCH3 is 1. The van der Waals surface area contributed by atoms with Crippen molar-refractivity contribution in [2.75, 3.05) is 7.11 Å². The van der Waals surface area contributed by atoms with Gasteiger partial charge in [0.2, 0.25) is 0 Å². The van der Waals surface area contributed by atoms with E-state index < -0.39 is 0 Å². The Labute approximate surface area is 90.3 Å². The molecule has 0 fully saturated rings. The Hall–Kier alpha value is -1.44. The highest BCUT2D eigenvalue weighted by atomic mass is 16.5. The van der Waals surface area contributed by atoms with Crippen LogP contribution in [0.1, 0.15) is 31.0 Å². The van der Waals surface area contributed by atoms with E-state index in [4.69, 9.17) is 4.74 Å². The van der Waals surface area contributed by atoms with Crippen molar-refractivity contribution in [3.63, 3.8) is 0 Å². The van der Waals surface area contributed by atoms with Gasteiger partial charge in [-0.25, -0.2) is 0 Å². The highest BCUT2D eigenvalue weighted by Crippen LogP contribution is 2.31. The van der Waals surface area contributed by atoms with Crippen molar-refractivity contribution in [3.05, 3.63) is 29.5 Å². The molecule has 2 aromatic rings. The van der Waals surface area contributed by atoms with E-state index in [2.05, 4.69) is 37.9 Å². The third-order valence-electron chi connectivity index (χ3n) is 2.82. The Balaban J connectivity index is 2.72. The zero-order chi connectivity index (χ0) is 11.0. The van der Waals surface area contributed by atoms with Gasteiger partial charge in [-0.1, -0.05) is 13.8 Å². The number of aryl methyl sites for hydroxylation is 1. The lowest BCUT2D eigenvalue weighted by Gasteiger charge is -2.05. The molecule has 1 aromatic carbocycles. The molecule has 0 saturated carbocycles. The number of rotatable bonds is 2.